The number of hydrogen-bond acceptors (Lipinski definition) is 1. The van der Waals surface area contributed by atoms with Gasteiger partial charge in [-0.2, -0.15) is 0 Å². The van der Waals surface area contributed by atoms with Crippen molar-refractivity contribution in [2.45, 2.75) is 26.7 Å². The van der Waals surface area contributed by atoms with Gasteiger partial charge in [-0.1, -0.05) is 29.8 Å². The molecule has 2 rings (SSSR count). The van der Waals surface area contributed by atoms with Crippen LogP contribution in [0.15, 0.2) is 24.3 Å². The van der Waals surface area contributed by atoms with Gasteiger partial charge in [0, 0.05) is 13.5 Å². The van der Waals surface area contributed by atoms with Crippen molar-refractivity contribution in [2.75, 3.05) is 6.54 Å². The van der Waals surface area contributed by atoms with Crippen molar-refractivity contribution < 1.29 is 4.79 Å². The number of benzene rings is 1. The van der Waals surface area contributed by atoms with Crippen molar-refractivity contribution in [2.24, 2.45) is 0 Å². The normalized spacial score (nSPS) is 13.2. The van der Waals surface area contributed by atoms with Gasteiger partial charge in [-0.3, -0.25) is 4.79 Å². The summed E-state index contributed by atoms with van der Waals surface area (Å²) in [6.45, 7) is 4.40. The van der Waals surface area contributed by atoms with Crippen LogP contribution in [-0.4, -0.2) is 12.5 Å². The van der Waals surface area contributed by atoms with Crippen molar-refractivity contribution in [1.29, 1.82) is 0 Å². The fourth-order valence-electron chi connectivity index (χ4n) is 2.12. The maximum atomic E-state index is 10.8. The molecular weight excluding hydrogens is 198 g/mol. The first-order valence-electron chi connectivity index (χ1n) is 5.70. The van der Waals surface area contributed by atoms with Crippen molar-refractivity contribution >= 4 is 11.5 Å². The van der Waals surface area contributed by atoms with Crippen molar-refractivity contribution in [1.82, 2.24) is 5.32 Å². The summed E-state index contributed by atoms with van der Waals surface area (Å²) in [6, 6.07) is 6.60. The van der Waals surface area contributed by atoms with Gasteiger partial charge < -0.3 is 5.32 Å². The van der Waals surface area contributed by atoms with Crippen LogP contribution in [0.3, 0.4) is 0 Å². The molecule has 0 bridgehead atoms. The number of fused-ring (bicyclic) bond motifs is 1. The van der Waals surface area contributed by atoms with E-state index in [1.807, 2.05) is 0 Å². The van der Waals surface area contributed by atoms with Gasteiger partial charge in [-0.05, 0) is 36.5 Å². The summed E-state index contributed by atoms with van der Waals surface area (Å²) >= 11 is 0. The van der Waals surface area contributed by atoms with E-state index in [0.717, 1.165) is 19.4 Å². The third-order valence-corrected chi connectivity index (χ3v) is 2.95. The van der Waals surface area contributed by atoms with E-state index in [4.69, 9.17) is 0 Å². The van der Waals surface area contributed by atoms with Crippen LogP contribution in [0, 0.1) is 6.92 Å². The fourth-order valence-corrected chi connectivity index (χ4v) is 2.12. The minimum atomic E-state index is 0.0445. The Bertz CT molecular complexity index is 446. The van der Waals surface area contributed by atoms with E-state index >= 15 is 0 Å². The van der Waals surface area contributed by atoms with Crippen molar-refractivity contribution in [3.05, 3.63) is 41.0 Å². The second-order valence-corrected chi connectivity index (χ2v) is 4.33. The average Bonchev–Trinajstić information content (AvgIpc) is 2.60. The summed E-state index contributed by atoms with van der Waals surface area (Å²) in [4.78, 5) is 10.8. The summed E-state index contributed by atoms with van der Waals surface area (Å²) in [5, 5.41) is 2.84. The Labute approximate surface area is 96.4 Å². The monoisotopic (exact) mass is 215 g/mol. The number of nitrogens with one attached hydrogen (secondary N) is 1. The fraction of sp³-hybridized carbons (Fsp3) is 0.357. The highest BCUT2D eigenvalue weighted by Crippen LogP contribution is 2.30. The molecule has 0 aliphatic heterocycles. The Hall–Kier alpha value is -1.57. The zero-order chi connectivity index (χ0) is 11.5. The van der Waals surface area contributed by atoms with Crippen LogP contribution in [0.5, 0.6) is 0 Å². The molecule has 84 valence electrons. The minimum absolute atomic E-state index is 0.0445. The lowest BCUT2D eigenvalue weighted by molar-refractivity contribution is -0.118. The Balaban J connectivity index is 2.04. The van der Waals surface area contributed by atoms with Gasteiger partial charge in [0.05, 0.1) is 0 Å². The summed E-state index contributed by atoms with van der Waals surface area (Å²) < 4.78 is 0. The standard InChI is InChI=1S/C14H17NO/c1-10-3-4-12-5-6-13(14(12)9-10)7-8-15-11(2)16/h3-4,6,9H,5,7-8H2,1-2H3,(H,15,16). The quantitative estimate of drug-likeness (QED) is 0.824. The lowest BCUT2D eigenvalue weighted by Crippen LogP contribution is -2.20. The van der Waals surface area contributed by atoms with Crippen LogP contribution in [0.1, 0.15) is 30.0 Å². The zero-order valence-electron chi connectivity index (χ0n) is 9.84. The lowest BCUT2D eigenvalue weighted by atomic mass is 10.0. The number of carbonyl (C=O) groups excluding carboxylic acids is 1. The lowest BCUT2D eigenvalue weighted by Gasteiger charge is -2.07. The van der Waals surface area contributed by atoms with Crippen LogP contribution < -0.4 is 5.32 Å². The molecule has 2 nitrogen and oxygen atoms in total. The van der Waals surface area contributed by atoms with E-state index in [2.05, 4.69) is 36.5 Å². The molecule has 0 unspecified atom stereocenters. The van der Waals surface area contributed by atoms with Crippen LogP contribution in [0.25, 0.3) is 5.57 Å². The number of allylic oxidation sites excluding steroid dienone is 1. The first-order chi connectivity index (χ1) is 7.66. The highest BCUT2D eigenvalue weighted by molar-refractivity contribution is 5.75. The largest absolute Gasteiger partial charge is 0.356 e. The molecule has 0 saturated heterocycles. The van der Waals surface area contributed by atoms with E-state index in [9.17, 15) is 4.79 Å². The summed E-state index contributed by atoms with van der Waals surface area (Å²) in [5.74, 6) is 0.0445. The highest BCUT2D eigenvalue weighted by atomic mass is 16.1. The number of carbonyl (C=O) groups is 1. The van der Waals surface area contributed by atoms with E-state index in [1.54, 1.807) is 6.92 Å². The molecule has 16 heavy (non-hydrogen) atoms. The van der Waals surface area contributed by atoms with Crippen LogP contribution in [-0.2, 0) is 11.2 Å². The molecule has 1 amide bonds. The zero-order valence-corrected chi connectivity index (χ0v) is 9.84. The Morgan fingerprint density at radius 3 is 3.00 bits per heavy atom. The number of rotatable bonds is 3. The van der Waals surface area contributed by atoms with Crippen LogP contribution in [0.4, 0.5) is 0 Å². The molecule has 1 aliphatic carbocycles. The van der Waals surface area contributed by atoms with Crippen LogP contribution >= 0.6 is 0 Å². The predicted octanol–water partition coefficient (Wildman–Crippen LogP) is 2.46. The van der Waals surface area contributed by atoms with E-state index in [0.29, 0.717) is 0 Å². The molecule has 0 spiro atoms. The van der Waals surface area contributed by atoms with Gasteiger partial charge in [0.1, 0.15) is 0 Å². The molecule has 1 aromatic rings. The van der Waals surface area contributed by atoms with E-state index < -0.39 is 0 Å². The molecule has 0 fully saturated rings. The smallest absolute Gasteiger partial charge is 0.216 e. The minimum Gasteiger partial charge on any atom is -0.356 e. The van der Waals surface area contributed by atoms with Crippen LogP contribution in [0.2, 0.25) is 0 Å². The number of hydrogen-bond donors (Lipinski definition) is 1. The SMILES string of the molecule is CC(=O)NCCC1=CCc2ccc(C)cc21. The molecule has 0 radical (unpaired) electrons. The summed E-state index contributed by atoms with van der Waals surface area (Å²) in [5.41, 5.74) is 5.44. The molecule has 1 aliphatic rings. The van der Waals surface area contributed by atoms with Crippen molar-refractivity contribution in [3.63, 3.8) is 0 Å². The topological polar surface area (TPSA) is 29.1 Å². The van der Waals surface area contributed by atoms with Gasteiger partial charge >= 0.3 is 0 Å². The van der Waals surface area contributed by atoms with Gasteiger partial charge in [0.2, 0.25) is 5.91 Å². The molecular formula is C14H17NO. The molecule has 0 saturated carbocycles. The molecule has 0 aromatic heterocycles. The van der Waals surface area contributed by atoms with Gasteiger partial charge in [-0.15, -0.1) is 0 Å². The third-order valence-electron chi connectivity index (χ3n) is 2.95. The summed E-state index contributed by atoms with van der Waals surface area (Å²) in [7, 11) is 0. The highest BCUT2D eigenvalue weighted by Gasteiger charge is 2.13. The number of aryl methyl sites for hydroxylation is 1. The van der Waals surface area contributed by atoms with E-state index in [-0.39, 0.29) is 5.91 Å². The second-order valence-electron chi connectivity index (χ2n) is 4.33. The Morgan fingerprint density at radius 2 is 2.25 bits per heavy atom. The first kappa shape index (κ1) is 10.9. The second kappa shape index (κ2) is 4.52. The predicted molar refractivity (Wildman–Crippen MR) is 66.2 cm³/mol. The van der Waals surface area contributed by atoms with Crippen molar-refractivity contribution in [3.8, 4) is 0 Å². The molecule has 0 heterocycles. The maximum Gasteiger partial charge on any atom is 0.216 e. The third kappa shape index (κ3) is 2.32. The molecule has 1 aromatic carbocycles. The van der Waals surface area contributed by atoms with Gasteiger partial charge in [0.15, 0.2) is 0 Å². The maximum absolute atomic E-state index is 10.8. The molecule has 2 heteroatoms. The van der Waals surface area contributed by atoms with Gasteiger partial charge in [-0.25, -0.2) is 0 Å². The first-order valence-corrected chi connectivity index (χ1v) is 5.70. The Morgan fingerprint density at radius 1 is 1.44 bits per heavy atom. The Kier molecular flexibility index (Phi) is 3.09. The van der Waals surface area contributed by atoms with Gasteiger partial charge in [0.25, 0.3) is 0 Å². The number of amides is 1. The average molecular weight is 215 g/mol. The molecule has 1 N–H and O–H groups in total. The summed E-state index contributed by atoms with van der Waals surface area (Å²) in [6.07, 6.45) is 4.23. The molecule has 0 atom stereocenters. The van der Waals surface area contributed by atoms with E-state index in [1.165, 1.54) is 22.3 Å².